The van der Waals surface area contributed by atoms with Crippen LogP contribution in [0.3, 0.4) is 0 Å². The zero-order valence-electron chi connectivity index (χ0n) is 10.1. The molecule has 1 aliphatic rings. The van der Waals surface area contributed by atoms with Crippen molar-refractivity contribution in [2.75, 3.05) is 20.1 Å². The fourth-order valence-electron chi connectivity index (χ4n) is 1.92. The first kappa shape index (κ1) is 13.8. The molecule has 16 heavy (non-hydrogen) atoms. The normalized spacial score (nSPS) is 19.5. The van der Waals surface area contributed by atoms with Gasteiger partial charge in [0, 0.05) is 18.6 Å². The number of rotatable bonds is 6. The van der Waals surface area contributed by atoms with Gasteiger partial charge in [0.25, 0.3) is 0 Å². The lowest BCUT2D eigenvalue weighted by molar-refractivity contribution is -0.150. The van der Waals surface area contributed by atoms with Crippen LogP contribution in [0.15, 0.2) is 0 Å². The molecule has 0 aromatic heterocycles. The third kappa shape index (κ3) is 4.70. The molecular formula is C11H21F3N2. The van der Waals surface area contributed by atoms with Crippen molar-refractivity contribution in [1.29, 1.82) is 0 Å². The van der Waals surface area contributed by atoms with Crippen LogP contribution in [0, 0.1) is 5.92 Å². The summed E-state index contributed by atoms with van der Waals surface area (Å²) in [6.07, 6.45) is -1.82. The van der Waals surface area contributed by atoms with E-state index in [1.54, 1.807) is 0 Å². The molecule has 0 saturated heterocycles. The Morgan fingerprint density at radius 3 is 2.19 bits per heavy atom. The second-order valence-electron chi connectivity index (χ2n) is 4.87. The van der Waals surface area contributed by atoms with Crippen LogP contribution in [0.25, 0.3) is 0 Å². The molecule has 1 saturated carbocycles. The smallest absolute Gasteiger partial charge is 0.315 e. The average Bonchev–Trinajstić information content (AvgIpc) is 2.93. The Balaban J connectivity index is 2.49. The number of nitrogens with one attached hydrogen (secondary N) is 1. The third-order valence-corrected chi connectivity index (χ3v) is 3.11. The fourth-order valence-corrected chi connectivity index (χ4v) is 1.92. The molecule has 0 aromatic carbocycles. The van der Waals surface area contributed by atoms with E-state index in [4.69, 9.17) is 0 Å². The van der Waals surface area contributed by atoms with E-state index in [9.17, 15) is 13.2 Å². The summed E-state index contributed by atoms with van der Waals surface area (Å²) in [5, 5.41) is 3.13. The van der Waals surface area contributed by atoms with Gasteiger partial charge < -0.3 is 5.32 Å². The van der Waals surface area contributed by atoms with E-state index in [-0.39, 0.29) is 12.1 Å². The second-order valence-corrected chi connectivity index (χ2v) is 4.87. The second kappa shape index (κ2) is 5.36. The van der Waals surface area contributed by atoms with Crippen LogP contribution < -0.4 is 5.32 Å². The van der Waals surface area contributed by atoms with E-state index in [1.165, 1.54) is 4.90 Å². The largest absolute Gasteiger partial charge is 0.401 e. The molecule has 0 amide bonds. The summed E-state index contributed by atoms with van der Waals surface area (Å²) >= 11 is 0. The summed E-state index contributed by atoms with van der Waals surface area (Å²) in [6, 6.07) is 0.126. The van der Waals surface area contributed by atoms with Gasteiger partial charge in [-0.15, -0.1) is 0 Å². The Kier molecular flexibility index (Phi) is 4.62. The van der Waals surface area contributed by atoms with Crippen LogP contribution in [-0.4, -0.2) is 43.3 Å². The number of halogens is 3. The lowest BCUT2D eigenvalue weighted by Crippen LogP contribution is -2.47. The van der Waals surface area contributed by atoms with Gasteiger partial charge in [0.15, 0.2) is 0 Å². The molecule has 0 spiro atoms. The van der Waals surface area contributed by atoms with Crippen molar-refractivity contribution in [2.45, 2.75) is 44.9 Å². The van der Waals surface area contributed by atoms with Gasteiger partial charge in [0.1, 0.15) is 0 Å². The predicted octanol–water partition coefficient (Wildman–Crippen LogP) is 2.26. The monoisotopic (exact) mass is 238 g/mol. The van der Waals surface area contributed by atoms with Crippen LogP contribution in [0.5, 0.6) is 0 Å². The first-order valence-electron chi connectivity index (χ1n) is 5.81. The van der Waals surface area contributed by atoms with Crippen LogP contribution in [0.4, 0.5) is 13.2 Å². The van der Waals surface area contributed by atoms with Crippen LogP contribution in [0.2, 0.25) is 0 Å². The van der Waals surface area contributed by atoms with Crippen molar-refractivity contribution >= 4 is 0 Å². The van der Waals surface area contributed by atoms with Crippen molar-refractivity contribution in [1.82, 2.24) is 10.2 Å². The average molecular weight is 238 g/mol. The Morgan fingerprint density at radius 2 is 1.88 bits per heavy atom. The van der Waals surface area contributed by atoms with Crippen LogP contribution in [-0.2, 0) is 0 Å². The molecule has 2 nitrogen and oxygen atoms in total. The predicted molar refractivity (Wildman–Crippen MR) is 58.3 cm³/mol. The Morgan fingerprint density at radius 1 is 1.31 bits per heavy atom. The van der Waals surface area contributed by atoms with Gasteiger partial charge in [-0.05, 0) is 39.7 Å². The minimum atomic E-state index is -4.11. The van der Waals surface area contributed by atoms with Crippen molar-refractivity contribution < 1.29 is 13.2 Å². The highest BCUT2D eigenvalue weighted by Crippen LogP contribution is 2.33. The minimum Gasteiger partial charge on any atom is -0.315 e. The number of likely N-dealkylation sites (N-methyl/N-ethyl adjacent to an activating group) is 1. The molecule has 1 rings (SSSR count). The first-order chi connectivity index (χ1) is 7.33. The molecule has 1 unspecified atom stereocenters. The summed E-state index contributed by atoms with van der Waals surface area (Å²) < 4.78 is 37.1. The highest BCUT2D eigenvalue weighted by atomic mass is 19.4. The first-order valence-corrected chi connectivity index (χ1v) is 5.81. The summed E-state index contributed by atoms with van der Waals surface area (Å²) in [6.45, 7) is 3.30. The molecule has 96 valence electrons. The Bertz CT molecular complexity index is 212. The van der Waals surface area contributed by atoms with Gasteiger partial charge in [-0.3, -0.25) is 4.90 Å². The zero-order chi connectivity index (χ0) is 12.3. The van der Waals surface area contributed by atoms with E-state index >= 15 is 0 Å². The van der Waals surface area contributed by atoms with Crippen molar-refractivity contribution in [3.8, 4) is 0 Å². The van der Waals surface area contributed by atoms with Crippen molar-refractivity contribution in [3.05, 3.63) is 0 Å². The minimum absolute atomic E-state index is 0.0729. The molecule has 1 aliphatic carbocycles. The molecule has 1 N–H and O–H groups in total. The number of nitrogens with zero attached hydrogens (tertiary/aromatic N) is 1. The number of hydrogen-bond acceptors (Lipinski definition) is 2. The molecule has 5 heteroatoms. The molecule has 0 aliphatic heterocycles. The Labute approximate surface area is 95.2 Å². The highest BCUT2D eigenvalue weighted by molar-refractivity contribution is 4.88. The standard InChI is InChI=1S/C11H21F3N2/c1-8(2)16(7-11(12,13)14)6-10(15-3)9-4-5-9/h8-10,15H,4-7H2,1-3H3. The highest BCUT2D eigenvalue weighted by Gasteiger charge is 2.36. The third-order valence-electron chi connectivity index (χ3n) is 3.11. The molecule has 0 aromatic rings. The maximum absolute atomic E-state index is 12.4. The number of alkyl halides is 3. The zero-order valence-corrected chi connectivity index (χ0v) is 10.1. The van der Waals surface area contributed by atoms with Gasteiger partial charge >= 0.3 is 6.18 Å². The molecule has 0 bridgehead atoms. The summed E-state index contributed by atoms with van der Waals surface area (Å²) in [5.41, 5.74) is 0. The van der Waals surface area contributed by atoms with Gasteiger partial charge in [-0.25, -0.2) is 0 Å². The van der Waals surface area contributed by atoms with E-state index in [0.717, 1.165) is 12.8 Å². The number of hydrogen-bond donors (Lipinski definition) is 1. The molecule has 1 fully saturated rings. The van der Waals surface area contributed by atoms with Gasteiger partial charge in [-0.2, -0.15) is 13.2 Å². The quantitative estimate of drug-likeness (QED) is 0.763. The van der Waals surface area contributed by atoms with E-state index < -0.39 is 12.7 Å². The van der Waals surface area contributed by atoms with Crippen LogP contribution in [0.1, 0.15) is 26.7 Å². The Hall–Kier alpha value is -0.290. The van der Waals surface area contributed by atoms with Gasteiger partial charge in [0.05, 0.1) is 6.54 Å². The fraction of sp³-hybridized carbons (Fsp3) is 1.00. The lowest BCUT2D eigenvalue weighted by atomic mass is 10.1. The van der Waals surface area contributed by atoms with E-state index in [1.807, 2.05) is 20.9 Å². The maximum Gasteiger partial charge on any atom is 0.401 e. The molecular weight excluding hydrogens is 217 g/mol. The maximum atomic E-state index is 12.4. The van der Waals surface area contributed by atoms with Gasteiger partial charge in [-0.1, -0.05) is 0 Å². The lowest BCUT2D eigenvalue weighted by Gasteiger charge is -2.31. The molecule has 0 heterocycles. The SMILES string of the molecule is CNC(CN(CC(F)(F)F)C(C)C)C1CC1. The van der Waals surface area contributed by atoms with Crippen LogP contribution >= 0.6 is 0 Å². The molecule has 1 atom stereocenters. The summed E-state index contributed by atoms with van der Waals surface area (Å²) in [5.74, 6) is 0.569. The van der Waals surface area contributed by atoms with Crippen molar-refractivity contribution in [3.63, 3.8) is 0 Å². The molecule has 0 radical (unpaired) electrons. The van der Waals surface area contributed by atoms with Gasteiger partial charge in [0.2, 0.25) is 0 Å². The topological polar surface area (TPSA) is 15.3 Å². The van der Waals surface area contributed by atoms with E-state index in [2.05, 4.69) is 5.32 Å². The van der Waals surface area contributed by atoms with E-state index in [0.29, 0.717) is 12.5 Å². The summed E-state index contributed by atoms with van der Waals surface area (Å²) in [7, 11) is 1.83. The van der Waals surface area contributed by atoms with Crippen molar-refractivity contribution in [2.24, 2.45) is 5.92 Å². The summed E-state index contributed by atoms with van der Waals surface area (Å²) in [4.78, 5) is 1.50.